The lowest BCUT2D eigenvalue weighted by Crippen LogP contribution is -2.51. The van der Waals surface area contributed by atoms with Gasteiger partial charge in [0.05, 0.1) is 30.5 Å². The second-order valence-corrected chi connectivity index (χ2v) is 10.6. The van der Waals surface area contributed by atoms with Crippen molar-refractivity contribution in [1.82, 2.24) is 14.4 Å². The van der Waals surface area contributed by atoms with E-state index >= 15 is 0 Å². The highest BCUT2D eigenvalue weighted by atomic mass is 16.5. The Bertz CT molecular complexity index is 1180. The van der Waals surface area contributed by atoms with Gasteiger partial charge in [-0.25, -0.2) is 0 Å². The number of allylic oxidation sites excluding steroid dienone is 1. The highest BCUT2D eigenvalue weighted by Crippen LogP contribution is 2.57. The molecule has 180 valence electrons. The van der Waals surface area contributed by atoms with Crippen molar-refractivity contribution in [3.63, 3.8) is 0 Å². The monoisotopic (exact) mass is 461 g/mol. The lowest BCUT2D eigenvalue weighted by molar-refractivity contribution is -0.140. The van der Waals surface area contributed by atoms with Gasteiger partial charge in [-0.3, -0.25) is 14.5 Å². The molecule has 1 amide bonds. The molecule has 0 aliphatic carbocycles. The summed E-state index contributed by atoms with van der Waals surface area (Å²) in [7, 11) is 0. The first-order valence-electron chi connectivity index (χ1n) is 13.0. The Kier molecular flexibility index (Phi) is 5.41. The fraction of sp³-hybridized carbons (Fsp3) is 0.571. The fourth-order valence-electron chi connectivity index (χ4n) is 7.05. The van der Waals surface area contributed by atoms with Crippen LogP contribution >= 0.6 is 0 Å². The molecule has 1 aromatic heterocycles. The van der Waals surface area contributed by atoms with Crippen LogP contribution in [0.2, 0.25) is 0 Å². The third kappa shape index (κ3) is 3.22. The van der Waals surface area contributed by atoms with Gasteiger partial charge in [0.1, 0.15) is 0 Å². The number of para-hydroxylation sites is 1. The highest BCUT2D eigenvalue weighted by Gasteiger charge is 2.51. The molecule has 34 heavy (non-hydrogen) atoms. The first-order chi connectivity index (χ1) is 16.5. The lowest BCUT2D eigenvalue weighted by atomic mass is 9.66. The zero-order valence-electron chi connectivity index (χ0n) is 20.4. The number of carbonyl (C=O) groups excluding carboxylic acids is 2. The van der Waals surface area contributed by atoms with Crippen LogP contribution in [0.1, 0.15) is 56.8 Å². The van der Waals surface area contributed by atoms with E-state index in [0.717, 1.165) is 43.6 Å². The summed E-state index contributed by atoms with van der Waals surface area (Å²) in [5, 5.41) is 1.28. The van der Waals surface area contributed by atoms with E-state index < -0.39 is 0 Å². The van der Waals surface area contributed by atoms with E-state index in [9.17, 15) is 9.59 Å². The Balaban J connectivity index is 1.42. The van der Waals surface area contributed by atoms with Crippen molar-refractivity contribution in [2.75, 3.05) is 39.4 Å². The zero-order valence-corrected chi connectivity index (χ0v) is 20.4. The summed E-state index contributed by atoms with van der Waals surface area (Å²) in [6.45, 7) is 8.80. The molecule has 6 heteroatoms. The molecule has 0 bridgehead atoms. The van der Waals surface area contributed by atoms with Gasteiger partial charge in [0, 0.05) is 48.5 Å². The molecule has 6 nitrogen and oxygen atoms in total. The second kappa shape index (κ2) is 8.35. The number of Topliss-reactive ketones (excluding diaryl/α,β-unsaturated/α-hetero) is 1. The Morgan fingerprint density at radius 1 is 1.15 bits per heavy atom. The van der Waals surface area contributed by atoms with Gasteiger partial charge in [0.2, 0.25) is 5.91 Å². The topological polar surface area (TPSA) is 54.8 Å². The Hall–Kier alpha value is -2.44. The zero-order chi connectivity index (χ0) is 23.4. The minimum Gasteiger partial charge on any atom is -0.378 e. The largest absolute Gasteiger partial charge is 0.378 e. The average molecular weight is 462 g/mol. The molecule has 2 fully saturated rings. The maximum absolute atomic E-state index is 13.9. The number of hydrogen-bond donors (Lipinski definition) is 0. The van der Waals surface area contributed by atoms with E-state index in [1.54, 1.807) is 0 Å². The highest BCUT2D eigenvalue weighted by molar-refractivity contribution is 6.18. The SMILES string of the molecule is CC[C@@]12C=C(C(=O)CC(C)C(=O)N3CCOCC3)n3c4c(c5ccccc53)CCN(CCC1)[C@H]42. The number of aromatic nitrogens is 1. The van der Waals surface area contributed by atoms with E-state index in [0.29, 0.717) is 32.3 Å². The molecule has 4 aliphatic rings. The van der Waals surface area contributed by atoms with Crippen molar-refractivity contribution >= 4 is 28.3 Å². The molecule has 5 heterocycles. The molecule has 0 spiro atoms. The smallest absolute Gasteiger partial charge is 0.226 e. The van der Waals surface area contributed by atoms with Crippen LogP contribution in [0.4, 0.5) is 0 Å². The number of piperidine rings is 1. The number of morpholine rings is 1. The van der Waals surface area contributed by atoms with Gasteiger partial charge in [-0.2, -0.15) is 0 Å². The summed E-state index contributed by atoms with van der Waals surface area (Å²) in [5.41, 5.74) is 4.68. The Labute approximate surface area is 201 Å². The summed E-state index contributed by atoms with van der Waals surface area (Å²) in [6, 6.07) is 8.90. The van der Waals surface area contributed by atoms with E-state index in [2.05, 4.69) is 46.7 Å². The van der Waals surface area contributed by atoms with Gasteiger partial charge in [-0.05, 0) is 49.9 Å². The van der Waals surface area contributed by atoms with E-state index in [1.165, 1.54) is 23.1 Å². The number of carbonyl (C=O) groups is 2. The molecule has 6 rings (SSSR count). The van der Waals surface area contributed by atoms with Crippen LogP contribution in [-0.4, -0.2) is 65.5 Å². The normalized spacial score (nSPS) is 27.3. The summed E-state index contributed by atoms with van der Waals surface area (Å²) < 4.78 is 7.67. The fourth-order valence-corrected chi connectivity index (χ4v) is 7.05. The summed E-state index contributed by atoms with van der Waals surface area (Å²) in [5.74, 6) is -0.173. The number of ketones is 1. The van der Waals surface area contributed by atoms with Crippen molar-refractivity contribution < 1.29 is 14.3 Å². The summed E-state index contributed by atoms with van der Waals surface area (Å²) in [6.07, 6.45) is 6.90. The van der Waals surface area contributed by atoms with Crippen LogP contribution in [0, 0.1) is 11.3 Å². The molecule has 0 saturated carbocycles. The molecule has 2 saturated heterocycles. The van der Waals surface area contributed by atoms with Crippen molar-refractivity contribution in [2.24, 2.45) is 11.3 Å². The molecule has 3 atom stereocenters. The number of fused-ring (bicyclic) bond motifs is 3. The number of ether oxygens (including phenoxy) is 1. The van der Waals surface area contributed by atoms with E-state index in [-0.39, 0.29) is 29.4 Å². The summed E-state index contributed by atoms with van der Waals surface area (Å²) in [4.78, 5) is 31.5. The van der Waals surface area contributed by atoms with Crippen LogP contribution in [0.3, 0.4) is 0 Å². The number of amides is 1. The molecule has 1 aromatic carbocycles. The van der Waals surface area contributed by atoms with Gasteiger partial charge in [0.25, 0.3) is 0 Å². The van der Waals surface area contributed by atoms with Gasteiger partial charge in [0.15, 0.2) is 5.78 Å². The lowest BCUT2D eigenvalue weighted by Gasteiger charge is -2.53. The first-order valence-corrected chi connectivity index (χ1v) is 13.0. The molecular weight excluding hydrogens is 426 g/mol. The van der Waals surface area contributed by atoms with Gasteiger partial charge >= 0.3 is 0 Å². The first kappa shape index (κ1) is 22.1. The molecule has 2 aromatic rings. The maximum Gasteiger partial charge on any atom is 0.226 e. The molecular formula is C28H35N3O3. The van der Waals surface area contributed by atoms with E-state index in [1.807, 2.05) is 11.8 Å². The standard InChI is InChI=1S/C28H35N3O3/c1-3-28-10-6-11-29-12-9-21-20-7-4-5-8-22(20)31(25(21)26(28)29)23(18-28)24(32)17-19(2)27(33)30-13-15-34-16-14-30/h4-5,7-8,18-19,26H,3,6,9-17H2,1-2H3/t19?,26-,28+/m1/s1. The maximum atomic E-state index is 13.9. The minimum absolute atomic E-state index is 0.0136. The van der Waals surface area contributed by atoms with Crippen molar-refractivity contribution in [1.29, 1.82) is 0 Å². The molecule has 0 radical (unpaired) electrons. The number of nitrogens with zero attached hydrogens (tertiary/aromatic N) is 3. The predicted octanol–water partition coefficient (Wildman–Crippen LogP) is 4.04. The number of hydrogen-bond acceptors (Lipinski definition) is 4. The van der Waals surface area contributed by atoms with Gasteiger partial charge in [-0.15, -0.1) is 0 Å². The van der Waals surface area contributed by atoms with Gasteiger partial charge in [-0.1, -0.05) is 32.0 Å². The third-order valence-corrected chi connectivity index (χ3v) is 8.77. The van der Waals surface area contributed by atoms with Crippen molar-refractivity contribution in [3.05, 3.63) is 41.6 Å². The van der Waals surface area contributed by atoms with Crippen molar-refractivity contribution in [2.45, 2.75) is 52.0 Å². The van der Waals surface area contributed by atoms with E-state index in [4.69, 9.17) is 4.74 Å². The quantitative estimate of drug-likeness (QED) is 0.674. The number of benzene rings is 1. The summed E-state index contributed by atoms with van der Waals surface area (Å²) >= 11 is 0. The molecule has 0 N–H and O–H groups in total. The van der Waals surface area contributed by atoms with Crippen LogP contribution in [-0.2, 0) is 20.7 Å². The molecule has 4 aliphatic heterocycles. The Morgan fingerprint density at radius 2 is 1.94 bits per heavy atom. The second-order valence-electron chi connectivity index (χ2n) is 10.6. The van der Waals surface area contributed by atoms with Crippen molar-refractivity contribution in [3.8, 4) is 0 Å². The van der Waals surface area contributed by atoms with Gasteiger partial charge < -0.3 is 14.2 Å². The third-order valence-electron chi connectivity index (χ3n) is 8.77. The van der Waals surface area contributed by atoms with Crippen LogP contribution in [0.25, 0.3) is 16.6 Å². The van der Waals surface area contributed by atoms with Crippen LogP contribution < -0.4 is 0 Å². The minimum atomic E-state index is -0.331. The average Bonchev–Trinajstić information content (AvgIpc) is 3.22. The predicted molar refractivity (Wildman–Crippen MR) is 132 cm³/mol. The van der Waals surface area contributed by atoms with Crippen LogP contribution in [0.15, 0.2) is 30.3 Å². The number of rotatable bonds is 5. The van der Waals surface area contributed by atoms with Crippen LogP contribution in [0.5, 0.6) is 0 Å². The molecule has 1 unspecified atom stereocenters. The Morgan fingerprint density at radius 3 is 2.74 bits per heavy atom.